The van der Waals surface area contributed by atoms with Crippen LogP contribution in [0.5, 0.6) is 0 Å². The van der Waals surface area contributed by atoms with Crippen molar-refractivity contribution in [3.63, 3.8) is 0 Å². The van der Waals surface area contributed by atoms with Crippen molar-refractivity contribution in [3.05, 3.63) is 301 Å². The fraction of sp³-hybridized carbons (Fsp3) is 0.0145. The highest BCUT2D eigenvalue weighted by Gasteiger charge is 2.46. The molecule has 1 aromatic heterocycles. The average molecular weight is 903 g/mol. The molecule has 0 N–H and O–H groups in total. The third kappa shape index (κ3) is 7.37. The van der Waals surface area contributed by atoms with Gasteiger partial charge in [0.05, 0.1) is 16.8 Å². The summed E-state index contributed by atoms with van der Waals surface area (Å²) in [6, 6.07) is 101. The van der Waals surface area contributed by atoms with Gasteiger partial charge < -0.3 is 0 Å². The van der Waals surface area contributed by atoms with Gasteiger partial charge in [-0.15, -0.1) is 0 Å². The monoisotopic (exact) mass is 902 g/mol. The van der Waals surface area contributed by atoms with E-state index in [2.05, 4.69) is 255 Å². The number of rotatable bonds is 9. The molecule has 0 radical (unpaired) electrons. The van der Waals surface area contributed by atoms with E-state index in [1.807, 2.05) is 24.3 Å². The highest BCUT2D eigenvalue weighted by Crippen LogP contribution is 2.56. The fourth-order valence-corrected chi connectivity index (χ4v) is 11.1. The first kappa shape index (κ1) is 41.9. The summed E-state index contributed by atoms with van der Waals surface area (Å²) in [6.45, 7) is 0. The van der Waals surface area contributed by atoms with Gasteiger partial charge in [0.25, 0.3) is 0 Å². The molecule has 1 aliphatic carbocycles. The van der Waals surface area contributed by atoms with Crippen LogP contribution in [0.4, 0.5) is 0 Å². The molecule has 1 heterocycles. The van der Waals surface area contributed by atoms with Crippen molar-refractivity contribution < 1.29 is 0 Å². The quantitative estimate of drug-likeness (QED) is 0.144. The Morgan fingerprint density at radius 2 is 0.676 bits per heavy atom. The van der Waals surface area contributed by atoms with Gasteiger partial charge in [0.1, 0.15) is 0 Å². The van der Waals surface area contributed by atoms with Crippen LogP contribution in [-0.2, 0) is 5.41 Å². The van der Waals surface area contributed by atoms with Crippen LogP contribution in [0.25, 0.3) is 100 Å². The molecule has 13 rings (SSSR count). The Hall–Kier alpha value is -9.24. The van der Waals surface area contributed by atoms with Crippen LogP contribution in [0, 0.1) is 0 Å². The van der Waals surface area contributed by atoms with Gasteiger partial charge >= 0.3 is 0 Å². The van der Waals surface area contributed by atoms with Crippen LogP contribution in [0.1, 0.15) is 22.3 Å². The molecule has 0 saturated heterocycles. The van der Waals surface area contributed by atoms with Crippen molar-refractivity contribution in [3.8, 4) is 89.5 Å². The minimum Gasteiger partial charge on any atom is -0.228 e. The number of hydrogen-bond donors (Lipinski definition) is 0. The largest absolute Gasteiger partial charge is 0.228 e. The van der Waals surface area contributed by atoms with E-state index in [9.17, 15) is 0 Å². The summed E-state index contributed by atoms with van der Waals surface area (Å²) >= 11 is 0. The van der Waals surface area contributed by atoms with Crippen LogP contribution in [0.15, 0.2) is 279 Å². The molecule has 71 heavy (non-hydrogen) atoms. The number of benzene rings is 11. The summed E-state index contributed by atoms with van der Waals surface area (Å²) in [4.78, 5) is 10.3. The molecule has 0 atom stereocenters. The van der Waals surface area contributed by atoms with Crippen molar-refractivity contribution in [2.45, 2.75) is 5.41 Å². The third-order valence-electron chi connectivity index (χ3n) is 14.4. The van der Waals surface area contributed by atoms with Crippen LogP contribution in [0.2, 0.25) is 0 Å². The lowest BCUT2D eigenvalue weighted by molar-refractivity contribution is 0.768. The Morgan fingerprint density at radius 1 is 0.225 bits per heavy atom. The number of hydrogen-bond acceptors (Lipinski definition) is 2. The number of nitrogens with zero attached hydrogens (tertiary/aromatic N) is 2. The fourth-order valence-electron chi connectivity index (χ4n) is 11.1. The third-order valence-corrected chi connectivity index (χ3v) is 14.4. The van der Waals surface area contributed by atoms with Gasteiger partial charge in [-0.25, -0.2) is 9.97 Å². The van der Waals surface area contributed by atoms with Crippen LogP contribution in [-0.4, -0.2) is 9.97 Å². The Kier molecular flexibility index (Phi) is 10.4. The summed E-state index contributed by atoms with van der Waals surface area (Å²) in [7, 11) is 0. The molecular formula is C69H46N2. The number of aromatic nitrogens is 2. The molecule has 2 heteroatoms. The maximum absolute atomic E-state index is 5.25. The molecule has 0 saturated carbocycles. The molecule has 11 aromatic carbocycles. The molecular weight excluding hydrogens is 857 g/mol. The second kappa shape index (κ2) is 17.7. The predicted molar refractivity (Wildman–Crippen MR) is 295 cm³/mol. The number of fused-ring (bicyclic) bond motifs is 4. The molecule has 1 aliphatic rings. The van der Waals surface area contributed by atoms with Gasteiger partial charge in [0.2, 0.25) is 0 Å². The van der Waals surface area contributed by atoms with Gasteiger partial charge in [0, 0.05) is 16.7 Å². The van der Waals surface area contributed by atoms with Gasteiger partial charge in [0.15, 0.2) is 5.82 Å². The van der Waals surface area contributed by atoms with Crippen LogP contribution in [0.3, 0.4) is 0 Å². The summed E-state index contributed by atoms with van der Waals surface area (Å²) in [5.74, 6) is 0.703. The molecule has 0 fully saturated rings. The van der Waals surface area contributed by atoms with Gasteiger partial charge in [-0.2, -0.15) is 0 Å². The van der Waals surface area contributed by atoms with E-state index in [4.69, 9.17) is 9.97 Å². The van der Waals surface area contributed by atoms with Gasteiger partial charge in [-0.1, -0.05) is 243 Å². The summed E-state index contributed by atoms with van der Waals surface area (Å²) in [5.41, 5.74) is 21.5. The van der Waals surface area contributed by atoms with Crippen LogP contribution >= 0.6 is 0 Å². The lowest BCUT2D eigenvalue weighted by atomic mass is 9.67. The normalized spacial score (nSPS) is 12.3. The van der Waals surface area contributed by atoms with Crippen molar-refractivity contribution in [1.82, 2.24) is 9.97 Å². The summed E-state index contributed by atoms with van der Waals surface area (Å²) in [6.07, 6.45) is 0. The maximum atomic E-state index is 5.25. The van der Waals surface area contributed by atoms with Crippen molar-refractivity contribution in [1.29, 1.82) is 0 Å². The average Bonchev–Trinajstić information content (AvgIpc) is 3.77. The lowest BCUT2D eigenvalue weighted by Crippen LogP contribution is -2.28. The van der Waals surface area contributed by atoms with Crippen LogP contribution < -0.4 is 0 Å². The van der Waals surface area contributed by atoms with E-state index in [-0.39, 0.29) is 0 Å². The Labute approximate surface area is 414 Å². The minimum atomic E-state index is -0.434. The first-order valence-corrected chi connectivity index (χ1v) is 24.4. The summed E-state index contributed by atoms with van der Waals surface area (Å²) < 4.78 is 0. The standard InChI is InChI=1S/C69H46N2/c1-6-21-47(22-7-1)53-42-54(44-55(43-53)58-38-39-62(60-34-17-16-33-59(58)60)67-46-66(48-23-8-2-9-24-48)70-68(71-67)49-25-10-3-11-26-49)51-28-20-27-50(41-51)52-37-40-65-63(45-52)61-35-18-19-36-64(61)69(65,56-29-12-4-13-30-56)57-31-14-5-15-32-57/h1-46H. The summed E-state index contributed by atoms with van der Waals surface area (Å²) in [5, 5.41) is 2.30. The highest BCUT2D eigenvalue weighted by atomic mass is 14.9. The molecule has 0 aliphatic heterocycles. The highest BCUT2D eigenvalue weighted by molar-refractivity contribution is 6.05. The SMILES string of the molecule is c1ccc(-c2cc(-c3cccc(-c4ccc5c(c4)-c4ccccc4C5(c4ccccc4)c4ccccc4)c3)cc(-c3ccc(-c4cc(-c5ccccc5)nc(-c5ccccc5)n4)c4ccccc34)c2)cc1. The van der Waals surface area contributed by atoms with Crippen molar-refractivity contribution in [2.24, 2.45) is 0 Å². The molecule has 332 valence electrons. The molecule has 0 unspecified atom stereocenters. The smallest absolute Gasteiger partial charge is 0.160 e. The van der Waals surface area contributed by atoms with E-state index in [0.717, 1.165) is 61.1 Å². The second-order valence-corrected chi connectivity index (χ2v) is 18.4. The van der Waals surface area contributed by atoms with Gasteiger partial charge in [-0.05, 0) is 125 Å². The maximum Gasteiger partial charge on any atom is 0.160 e. The van der Waals surface area contributed by atoms with Crippen molar-refractivity contribution >= 4 is 10.8 Å². The molecule has 12 aromatic rings. The molecule has 0 amide bonds. The molecule has 0 spiro atoms. The Bertz CT molecular complexity index is 3810. The van der Waals surface area contributed by atoms with E-state index >= 15 is 0 Å². The predicted octanol–water partition coefficient (Wildman–Crippen LogP) is 17.7. The zero-order valence-electron chi connectivity index (χ0n) is 39.0. The Balaban J connectivity index is 0.940. The van der Waals surface area contributed by atoms with Gasteiger partial charge in [-0.3, -0.25) is 0 Å². The lowest BCUT2D eigenvalue weighted by Gasteiger charge is -2.33. The molecule has 2 nitrogen and oxygen atoms in total. The zero-order chi connectivity index (χ0) is 47.1. The minimum absolute atomic E-state index is 0.434. The first-order valence-electron chi connectivity index (χ1n) is 24.4. The van der Waals surface area contributed by atoms with Crippen molar-refractivity contribution in [2.75, 3.05) is 0 Å². The second-order valence-electron chi connectivity index (χ2n) is 18.4. The van der Waals surface area contributed by atoms with E-state index in [1.54, 1.807) is 0 Å². The van der Waals surface area contributed by atoms with E-state index in [0.29, 0.717) is 5.82 Å². The molecule has 0 bridgehead atoms. The Morgan fingerprint density at radius 3 is 1.35 bits per heavy atom. The van der Waals surface area contributed by atoms with E-state index < -0.39 is 5.41 Å². The topological polar surface area (TPSA) is 25.8 Å². The zero-order valence-corrected chi connectivity index (χ0v) is 39.0. The van der Waals surface area contributed by atoms with E-state index in [1.165, 1.54) is 55.6 Å². The first-order chi connectivity index (χ1) is 35.2.